The van der Waals surface area contributed by atoms with E-state index in [2.05, 4.69) is 34.7 Å². The predicted octanol–water partition coefficient (Wildman–Crippen LogP) is 3.89. The molecule has 7 heteroatoms. The maximum Gasteiger partial charge on any atom is 0.411 e. The summed E-state index contributed by atoms with van der Waals surface area (Å²) in [6.07, 6.45) is 2.24. The second-order valence-corrected chi connectivity index (χ2v) is 6.67. The van der Waals surface area contributed by atoms with Crippen molar-refractivity contribution in [3.8, 4) is 11.1 Å². The van der Waals surface area contributed by atoms with Gasteiger partial charge in [-0.3, -0.25) is 10.00 Å². The van der Waals surface area contributed by atoms with E-state index >= 15 is 0 Å². The zero-order valence-electron chi connectivity index (χ0n) is 15.2. The first-order valence-electron chi connectivity index (χ1n) is 8.93. The van der Waals surface area contributed by atoms with Gasteiger partial charge in [0.1, 0.15) is 12.6 Å². The Kier molecular flexibility index (Phi) is 4.57. The van der Waals surface area contributed by atoms with E-state index in [1.54, 1.807) is 0 Å². The molecule has 1 amide bonds. The van der Waals surface area contributed by atoms with Crippen LogP contribution in [0.25, 0.3) is 11.1 Å². The molecule has 0 spiro atoms. The van der Waals surface area contributed by atoms with E-state index in [4.69, 9.17) is 9.84 Å². The van der Waals surface area contributed by atoms with Crippen molar-refractivity contribution >= 4 is 17.7 Å². The van der Waals surface area contributed by atoms with Crippen LogP contribution in [0, 0.1) is 0 Å². The van der Waals surface area contributed by atoms with E-state index < -0.39 is 18.1 Å². The highest BCUT2D eigenvalue weighted by Gasteiger charge is 2.29. The molecule has 1 atom stereocenters. The number of rotatable bonds is 5. The monoisotopic (exact) mass is 377 g/mol. The Labute approximate surface area is 161 Å². The molecule has 1 unspecified atom stereocenters. The van der Waals surface area contributed by atoms with Gasteiger partial charge in [0, 0.05) is 12.1 Å². The third-order valence-electron chi connectivity index (χ3n) is 4.95. The summed E-state index contributed by atoms with van der Waals surface area (Å²) in [5, 5.41) is 15.6. The first-order chi connectivity index (χ1) is 13.5. The SMILES string of the molecule is CC(C(=O)O)n1cc(NC(=O)OCC2c3ccccc3-c3ccccc32)cn1. The summed E-state index contributed by atoms with van der Waals surface area (Å²) in [5.74, 6) is -1.02. The third kappa shape index (κ3) is 3.22. The van der Waals surface area contributed by atoms with Gasteiger partial charge < -0.3 is 9.84 Å². The van der Waals surface area contributed by atoms with Crippen LogP contribution < -0.4 is 5.32 Å². The lowest BCUT2D eigenvalue weighted by atomic mass is 9.98. The van der Waals surface area contributed by atoms with Crippen LogP contribution in [0.15, 0.2) is 60.9 Å². The van der Waals surface area contributed by atoms with Gasteiger partial charge in [0.2, 0.25) is 0 Å². The van der Waals surface area contributed by atoms with Crippen LogP contribution in [0.4, 0.5) is 10.5 Å². The Hall–Kier alpha value is -3.61. The minimum Gasteiger partial charge on any atom is -0.480 e. The maximum absolute atomic E-state index is 12.2. The van der Waals surface area contributed by atoms with Gasteiger partial charge in [-0.05, 0) is 29.2 Å². The number of carbonyl (C=O) groups excluding carboxylic acids is 1. The number of benzene rings is 2. The number of amides is 1. The summed E-state index contributed by atoms with van der Waals surface area (Å²) < 4.78 is 6.72. The molecule has 0 radical (unpaired) electrons. The van der Waals surface area contributed by atoms with Crippen molar-refractivity contribution < 1.29 is 19.4 Å². The Bertz CT molecular complexity index is 998. The smallest absolute Gasteiger partial charge is 0.411 e. The molecule has 0 saturated heterocycles. The topological polar surface area (TPSA) is 93.5 Å². The third-order valence-corrected chi connectivity index (χ3v) is 4.95. The van der Waals surface area contributed by atoms with Crippen LogP contribution in [-0.2, 0) is 9.53 Å². The molecule has 4 rings (SSSR count). The Morgan fingerprint density at radius 3 is 2.36 bits per heavy atom. The summed E-state index contributed by atoms with van der Waals surface area (Å²) in [5.41, 5.74) is 4.98. The van der Waals surface area contributed by atoms with Crippen molar-refractivity contribution in [2.75, 3.05) is 11.9 Å². The number of fused-ring (bicyclic) bond motifs is 3. The van der Waals surface area contributed by atoms with Crippen molar-refractivity contribution in [1.82, 2.24) is 9.78 Å². The molecular formula is C21H19N3O4. The highest BCUT2D eigenvalue weighted by atomic mass is 16.5. The molecule has 1 aromatic heterocycles. The van der Waals surface area contributed by atoms with Gasteiger partial charge in [-0.1, -0.05) is 48.5 Å². The molecule has 0 fully saturated rings. The minimum atomic E-state index is -1.00. The lowest BCUT2D eigenvalue weighted by Crippen LogP contribution is -2.18. The lowest BCUT2D eigenvalue weighted by Gasteiger charge is -2.14. The van der Waals surface area contributed by atoms with Crippen molar-refractivity contribution in [2.45, 2.75) is 18.9 Å². The Morgan fingerprint density at radius 2 is 1.75 bits per heavy atom. The summed E-state index contributed by atoms with van der Waals surface area (Å²) in [7, 11) is 0. The van der Waals surface area contributed by atoms with Gasteiger partial charge in [-0.25, -0.2) is 9.59 Å². The molecule has 7 nitrogen and oxygen atoms in total. The van der Waals surface area contributed by atoms with Gasteiger partial charge in [0.25, 0.3) is 0 Å². The second-order valence-electron chi connectivity index (χ2n) is 6.67. The molecule has 28 heavy (non-hydrogen) atoms. The molecule has 0 bridgehead atoms. The number of anilines is 1. The zero-order valence-corrected chi connectivity index (χ0v) is 15.2. The summed E-state index contributed by atoms with van der Waals surface area (Å²) in [4.78, 5) is 23.2. The summed E-state index contributed by atoms with van der Waals surface area (Å²) in [6, 6.07) is 15.4. The van der Waals surface area contributed by atoms with E-state index in [-0.39, 0.29) is 12.5 Å². The molecule has 3 aromatic rings. The van der Waals surface area contributed by atoms with Gasteiger partial charge in [-0.15, -0.1) is 0 Å². The number of nitrogens with one attached hydrogen (secondary N) is 1. The molecular weight excluding hydrogens is 358 g/mol. The second kappa shape index (κ2) is 7.19. The fourth-order valence-corrected chi connectivity index (χ4v) is 3.48. The fourth-order valence-electron chi connectivity index (χ4n) is 3.48. The van der Waals surface area contributed by atoms with Crippen molar-refractivity contribution in [1.29, 1.82) is 0 Å². The standard InChI is InChI=1S/C21H19N3O4/c1-13(20(25)26)24-11-14(10-22-24)23-21(27)28-12-19-17-8-4-2-6-15(17)16-7-3-5-9-18(16)19/h2-11,13,19H,12H2,1H3,(H,23,27)(H,25,26). The van der Waals surface area contributed by atoms with E-state index in [1.807, 2.05) is 24.3 Å². The Morgan fingerprint density at radius 1 is 1.14 bits per heavy atom. The molecule has 2 aromatic carbocycles. The van der Waals surface area contributed by atoms with Crippen LogP contribution in [0.3, 0.4) is 0 Å². The summed E-state index contributed by atoms with van der Waals surface area (Å²) >= 11 is 0. The van der Waals surface area contributed by atoms with Crippen LogP contribution in [0.2, 0.25) is 0 Å². The van der Waals surface area contributed by atoms with E-state index in [1.165, 1.54) is 24.0 Å². The number of ether oxygens (including phenoxy) is 1. The van der Waals surface area contributed by atoms with Gasteiger partial charge in [0.15, 0.2) is 0 Å². The highest BCUT2D eigenvalue weighted by Crippen LogP contribution is 2.44. The van der Waals surface area contributed by atoms with Gasteiger partial charge in [0.05, 0.1) is 11.9 Å². The van der Waals surface area contributed by atoms with Crippen molar-refractivity contribution in [3.63, 3.8) is 0 Å². The molecule has 0 aliphatic heterocycles. The normalized spacial score (nSPS) is 13.5. The lowest BCUT2D eigenvalue weighted by molar-refractivity contribution is -0.140. The number of nitrogens with zero attached hydrogens (tertiary/aromatic N) is 2. The number of carboxylic acid groups (broad SMARTS) is 1. The number of aliphatic carboxylic acids is 1. The average Bonchev–Trinajstić information content (AvgIpc) is 3.28. The number of aromatic nitrogens is 2. The quantitative estimate of drug-likeness (QED) is 0.704. The molecule has 1 heterocycles. The molecule has 2 N–H and O–H groups in total. The first kappa shape index (κ1) is 17.8. The average molecular weight is 377 g/mol. The number of hydrogen-bond acceptors (Lipinski definition) is 4. The van der Waals surface area contributed by atoms with Crippen molar-refractivity contribution in [2.24, 2.45) is 0 Å². The summed E-state index contributed by atoms with van der Waals surface area (Å²) in [6.45, 7) is 1.71. The Balaban J connectivity index is 1.44. The van der Waals surface area contributed by atoms with Crippen LogP contribution in [0.5, 0.6) is 0 Å². The molecule has 1 aliphatic rings. The highest BCUT2D eigenvalue weighted by molar-refractivity contribution is 5.84. The van der Waals surface area contributed by atoms with E-state index in [0.29, 0.717) is 5.69 Å². The largest absolute Gasteiger partial charge is 0.480 e. The number of carboxylic acids is 1. The predicted molar refractivity (Wildman–Crippen MR) is 103 cm³/mol. The van der Waals surface area contributed by atoms with Crippen LogP contribution in [-0.4, -0.2) is 33.6 Å². The van der Waals surface area contributed by atoms with Crippen molar-refractivity contribution in [3.05, 3.63) is 72.1 Å². The zero-order chi connectivity index (χ0) is 19.7. The molecule has 142 valence electrons. The van der Waals surface area contributed by atoms with E-state index in [0.717, 1.165) is 22.3 Å². The fraction of sp³-hybridized carbons (Fsp3) is 0.190. The number of hydrogen-bond donors (Lipinski definition) is 2. The minimum absolute atomic E-state index is 0.0205. The number of carbonyl (C=O) groups is 2. The van der Waals surface area contributed by atoms with Gasteiger partial charge >= 0.3 is 12.1 Å². The molecule has 0 saturated carbocycles. The van der Waals surface area contributed by atoms with E-state index in [9.17, 15) is 9.59 Å². The van der Waals surface area contributed by atoms with Crippen LogP contribution >= 0.6 is 0 Å². The van der Waals surface area contributed by atoms with Crippen LogP contribution in [0.1, 0.15) is 30.0 Å². The first-order valence-corrected chi connectivity index (χ1v) is 8.93. The molecule has 1 aliphatic carbocycles. The van der Waals surface area contributed by atoms with Gasteiger partial charge in [-0.2, -0.15) is 5.10 Å². The maximum atomic E-state index is 12.2.